The maximum atomic E-state index is 13.7. The van der Waals surface area contributed by atoms with Crippen molar-refractivity contribution in [3.8, 4) is 0 Å². The molecule has 0 saturated carbocycles. The van der Waals surface area contributed by atoms with E-state index >= 15 is 0 Å². The Morgan fingerprint density at radius 1 is 1.04 bits per heavy atom. The van der Waals surface area contributed by atoms with Crippen LogP contribution >= 0.6 is 11.6 Å². The van der Waals surface area contributed by atoms with Crippen LogP contribution in [-0.4, -0.2) is 25.5 Å². The first kappa shape index (κ1) is 19.8. The average molecular weight is 420 g/mol. The van der Waals surface area contributed by atoms with Crippen LogP contribution in [0.4, 0.5) is 27.8 Å². The lowest BCUT2D eigenvalue weighted by Crippen LogP contribution is -2.19. The average Bonchev–Trinajstić information content (AvgIpc) is 3.21. The van der Waals surface area contributed by atoms with Crippen molar-refractivity contribution in [3.63, 3.8) is 0 Å². The second-order valence-corrected chi connectivity index (χ2v) is 6.16. The van der Waals surface area contributed by atoms with Crippen LogP contribution in [0.3, 0.4) is 0 Å². The molecule has 0 unspecified atom stereocenters. The van der Waals surface area contributed by atoms with Gasteiger partial charge in [-0.25, -0.2) is 22.0 Å². The molecule has 2 aromatic heterocycles. The van der Waals surface area contributed by atoms with Crippen molar-refractivity contribution < 1.29 is 26.7 Å². The van der Waals surface area contributed by atoms with Crippen molar-refractivity contribution in [3.05, 3.63) is 63.8 Å². The largest absolute Gasteiger partial charge is 0.308 e. The van der Waals surface area contributed by atoms with Crippen molar-refractivity contribution in [2.75, 3.05) is 5.32 Å². The fourth-order valence-electron chi connectivity index (χ4n) is 2.37. The summed E-state index contributed by atoms with van der Waals surface area (Å²) in [4.78, 5) is 12.0. The summed E-state index contributed by atoms with van der Waals surface area (Å²) in [6.07, 6.45) is 2.67. The van der Waals surface area contributed by atoms with Crippen molar-refractivity contribution in [1.29, 1.82) is 0 Å². The molecule has 1 amide bonds. The van der Waals surface area contributed by atoms with Crippen molar-refractivity contribution >= 4 is 23.3 Å². The molecule has 0 aliphatic carbocycles. The molecule has 0 fully saturated rings. The zero-order valence-electron chi connectivity index (χ0n) is 14.1. The van der Waals surface area contributed by atoms with E-state index in [1.807, 2.05) is 0 Å². The Hall–Kier alpha value is -2.95. The number of nitrogens with zero attached hydrogens (tertiary/aromatic N) is 4. The Bertz CT molecular complexity index is 1020. The normalized spacial score (nSPS) is 11.1. The van der Waals surface area contributed by atoms with E-state index in [9.17, 15) is 26.7 Å². The number of hydrogen-bond acceptors (Lipinski definition) is 3. The molecule has 1 N–H and O–H groups in total. The van der Waals surface area contributed by atoms with E-state index < -0.39 is 47.1 Å². The zero-order valence-corrected chi connectivity index (χ0v) is 14.9. The van der Waals surface area contributed by atoms with Gasteiger partial charge in [-0.3, -0.25) is 14.2 Å². The van der Waals surface area contributed by atoms with E-state index in [4.69, 9.17) is 11.6 Å². The quantitative estimate of drug-likeness (QED) is 0.391. The van der Waals surface area contributed by atoms with Gasteiger partial charge < -0.3 is 5.32 Å². The Balaban J connectivity index is 1.72. The molecule has 1 aromatic carbocycles. The number of nitrogens with one attached hydrogen (secondary N) is 1. The van der Waals surface area contributed by atoms with Crippen LogP contribution in [0, 0.1) is 36.0 Å². The van der Waals surface area contributed by atoms with Gasteiger partial charge in [-0.05, 0) is 6.92 Å². The van der Waals surface area contributed by atoms with Gasteiger partial charge in [0.1, 0.15) is 6.54 Å². The third-order valence-corrected chi connectivity index (χ3v) is 4.09. The van der Waals surface area contributed by atoms with Gasteiger partial charge in [-0.2, -0.15) is 10.2 Å². The maximum absolute atomic E-state index is 13.7. The molecule has 3 aromatic rings. The summed E-state index contributed by atoms with van der Waals surface area (Å²) in [6.45, 7) is 0.769. The minimum atomic E-state index is -2.24. The topological polar surface area (TPSA) is 64.7 Å². The van der Waals surface area contributed by atoms with Gasteiger partial charge in [0.2, 0.25) is 11.7 Å². The van der Waals surface area contributed by atoms with Crippen LogP contribution in [0.5, 0.6) is 0 Å². The third-order valence-electron chi connectivity index (χ3n) is 3.72. The second-order valence-electron chi connectivity index (χ2n) is 5.76. The van der Waals surface area contributed by atoms with Gasteiger partial charge in [-0.15, -0.1) is 0 Å². The van der Waals surface area contributed by atoms with Crippen LogP contribution in [0.15, 0.2) is 18.5 Å². The van der Waals surface area contributed by atoms with Gasteiger partial charge in [0.25, 0.3) is 0 Å². The fourth-order valence-corrected chi connectivity index (χ4v) is 2.52. The zero-order chi connectivity index (χ0) is 20.6. The van der Waals surface area contributed by atoms with Gasteiger partial charge in [-0.1, -0.05) is 11.6 Å². The van der Waals surface area contributed by atoms with E-state index in [-0.39, 0.29) is 12.4 Å². The highest BCUT2D eigenvalue weighted by atomic mass is 35.5. The highest BCUT2D eigenvalue weighted by Gasteiger charge is 2.26. The number of benzene rings is 1. The summed E-state index contributed by atoms with van der Waals surface area (Å²) < 4.78 is 69.3. The number of halogens is 6. The molecule has 12 heteroatoms. The number of anilines is 1. The highest BCUT2D eigenvalue weighted by molar-refractivity contribution is 6.31. The molecule has 148 valence electrons. The standard InChI is InChI=1S/C16H11ClF5N5O/c1-7-9(17)5-27(24-7)6-11(28)23-10-2-3-26(25-10)4-8-12(18)14(20)16(22)15(21)13(8)19/h2-3,5H,4,6H2,1H3,(H,23,25,28). The number of hydrogen-bond donors (Lipinski definition) is 1. The molecular weight excluding hydrogens is 409 g/mol. The van der Waals surface area contributed by atoms with E-state index in [0.717, 1.165) is 4.68 Å². The Kier molecular flexibility index (Phi) is 5.36. The molecule has 28 heavy (non-hydrogen) atoms. The summed E-state index contributed by atoms with van der Waals surface area (Å²) in [5.74, 6) is -10.7. The second kappa shape index (κ2) is 7.58. The molecule has 0 aliphatic rings. The predicted molar refractivity (Wildman–Crippen MR) is 88.2 cm³/mol. The highest BCUT2D eigenvalue weighted by Crippen LogP contribution is 2.23. The molecule has 0 aliphatic heterocycles. The van der Waals surface area contributed by atoms with E-state index in [2.05, 4.69) is 15.5 Å². The maximum Gasteiger partial charge on any atom is 0.247 e. The van der Waals surface area contributed by atoms with E-state index in [1.165, 1.54) is 23.1 Å². The van der Waals surface area contributed by atoms with Gasteiger partial charge in [0.05, 0.1) is 22.8 Å². The third kappa shape index (κ3) is 3.84. The Morgan fingerprint density at radius 3 is 2.21 bits per heavy atom. The number of rotatable bonds is 5. The van der Waals surface area contributed by atoms with Crippen molar-refractivity contribution in [1.82, 2.24) is 19.6 Å². The molecule has 0 atom stereocenters. The fraction of sp³-hybridized carbons (Fsp3) is 0.188. The number of carbonyl (C=O) groups excluding carboxylic acids is 1. The molecule has 2 heterocycles. The molecule has 0 radical (unpaired) electrons. The van der Waals surface area contributed by atoms with Crippen molar-refractivity contribution in [2.24, 2.45) is 0 Å². The van der Waals surface area contributed by atoms with Gasteiger partial charge >= 0.3 is 0 Å². The minimum Gasteiger partial charge on any atom is -0.308 e. The summed E-state index contributed by atoms with van der Waals surface area (Å²) in [5, 5.41) is 10.6. The SMILES string of the molecule is Cc1nn(CC(=O)Nc2ccn(Cc3c(F)c(F)c(F)c(F)c3F)n2)cc1Cl. The molecule has 6 nitrogen and oxygen atoms in total. The van der Waals surface area contributed by atoms with Gasteiger partial charge in [0.15, 0.2) is 29.1 Å². The van der Waals surface area contributed by atoms with Crippen LogP contribution in [0.2, 0.25) is 5.02 Å². The molecule has 0 bridgehead atoms. The first-order valence-corrected chi connectivity index (χ1v) is 8.08. The van der Waals surface area contributed by atoms with Gasteiger partial charge in [0, 0.05) is 18.5 Å². The van der Waals surface area contributed by atoms with Crippen LogP contribution in [-0.2, 0) is 17.9 Å². The number of amides is 1. The van der Waals surface area contributed by atoms with E-state index in [1.54, 1.807) is 6.92 Å². The predicted octanol–water partition coefficient (Wildman–Crippen LogP) is 3.42. The summed E-state index contributed by atoms with van der Waals surface area (Å²) in [6, 6.07) is 1.30. The molecule has 3 rings (SSSR count). The lowest BCUT2D eigenvalue weighted by atomic mass is 10.1. The Labute approximate surface area is 159 Å². The summed E-state index contributed by atoms with van der Waals surface area (Å²) in [5.41, 5.74) is -0.499. The minimum absolute atomic E-state index is 0.0175. The van der Waals surface area contributed by atoms with Crippen LogP contribution < -0.4 is 5.32 Å². The van der Waals surface area contributed by atoms with Crippen molar-refractivity contribution in [2.45, 2.75) is 20.0 Å². The molecular formula is C16H11ClF5N5O. The first-order chi connectivity index (χ1) is 13.2. The van der Waals surface area contributed by atoms with Crippen LogP contribution in [0.1, 0.15) is 11.3 Å². The smallest absolute Gasteiger partial charge is 0.247 e. The number of carbonyl (C=O) groups is 1. The summed E-state index contributed by atoms with van der Waals surface area (Å²) >= 11 is 5.84. The summed E-state index contributed by atoms with van der Waals surface area (Å²) in [7, 11) is 0. The monoisotopic (exact) mass is 419 g/mol. The number of aromatic nitrogens is 4. The van der Waals surface area contributed by atoms with E-state index in [0.29, 0.717) is 10.7 Å². The Morgan fingerprint density at radius 2 is 1.64 bits per heavy atom. The molecule has 0 spiro atoms. The molecule has 0 saturated heterocycles. The lowest BCUT2D eigenvalue weighted by Gasteiger charge is -2.08. The van der Waals surface area contributed by atoms with Crippen LogP contribution in [0.25, 0.3) is 0 Å². The lowest BCUT2D eigenvalue weighted by molar-refractivity contribution is -0.116. The number of aryl methyl sites for hydroxylation is 1. The first-order valence-electron chi connectivity index (χ1n) is 7.70.